The van der Waals surface area contributed by atoms with Crippen LogP contribution in [0.1, 0.15) is 43.0 Å². The van der Waals surface area contributed by atoms with Crippen LogP contribution in [0, 0.1) is 17.5 Å². The number of likely N-dealkylation sites (tertiary alicyclic amines) is 2. The molecule has 0 radical (unpaired) electrons. The first kappa shape index (κ1) is 26.4. The summed E-state index contributed by atoms with van der Waals surface area (Å²) < 4.78 is 39.9. The number of H-pyrrole nitrogens is 1. The lowest BCUT2D eigenvalue weighted by Gasteiger charge is -2.42. The van der Waals surface area contributed by atoms with Crippen LogP contribution in [0.2, 0.25) is 0 Å². The molecule has 3 heterocycles. The maximum Gasteiger partial charge on any atom is 0.246 e. The van der Waals surface area contributed by atoms with Crippen LogP contribution in [-0.4, -0.2) is 80.3 Å². The first-order chi connectivity index (χ1) is 18.2. The van der Waals surface area contributed by atoms with Crippen molar-refractivity contribution in [1.82, 2.24) is 19.8 Å². The van der Waals surface area contributed by atoms with E-state index in [4.69, 9.17) is 4.98 Å². The highest BCUT2D eigenvalue weighted by Crippen LogP contribution is 2.30. The maximum atomic E-state index is 13.4. The van der Waals surface area contributed by atoms with Crippen LogP contribution in [0.3, 0.4) is 0 Å². The Balaban J connectivity index is 1.10. The number of β-amino-alcohol motifs (C(OH)–C–C–N with tert-alkyl or cyclic N) is 1. The van der Waals surface area contributed by atoms with E-state index in [2.05, 4.69) is 9.88 Å². The van der Waals surface area contributed by atoms with Crippen molar-refractivity contribution in [3.8, 4) is 0 Å². The van der Waals surface area contributed by atoms with Crippen LogP contribution in [0.15, 0.2) is 42.5 Å². The van der Waals surface area contributed by atoms with Crippen LogP contribution in [0.4, 0.5) is 13.2 Å². The van der Waals surface area contributed by atoms with E-state index in [9.17, 15) is 28.2 Å². The molecule has 1 aromatic heterocycles. The van der Waals surface area contributed by atoms with Gasteiger partial charge in [0.25, 0.3) is 0 Å². The number of aromatic amines is 1. The number of aromatic nitrogens is 2. The van der Waals surface area contributed by atoms with Crippen molar-refractivity contribution in [3.63, 3.8) is 0 Å². The van der Waals surface area contributed by atoms with Crippen molar-refractivity contribution >= 4 is 23.0 Å². The fraction of sp³-hybridized carbons (Fsp3) is 0.429. The van der Waals surface area contributed by atoms with Crippen molar-refractivity contribution in [3.05, 3.63) is 71.3 Å². The molecular weight excluding hydrogens is 497 g/mol. The number of nitrogens with zero attached hydrogens (tertiary/aromatic N) is 3. The quantitative estimate of drug-likeness (QED) is 0.336. The van der Waals surface area contributed by atoms with Gasteiger partial charge in [0.1, 0.15) is 5.82 Å². The first-order valence-electron chi connectivity index (χ1n) is 12.9. The molecule has 7 nitrogen and oxygen atoms in total. The van der Waals surface area contributed by atoms with E-state index in [-0.39, 0.29) is 37.4 Å². The monoisotopic (exact) mass is 528 g/mol. The Morgan fingerprint density at radius 1 is 1.11 bits per heavy atom. The summed E-state index contributed by atoms with van der Waals surface area (Å²) >= 11 is 0. The Morgan fingerprint density at radius 3 is 2.42 bits per heavy atom. The van der Waals surface area contributed by atoms with Gasteiger partial charge in [-0.15, -0.1) is 0 Å². The fourth-order valence-electron chi connectivity index (χ4n) is 5.36. The molecule has 3 N–H and O–H groups in total. The Morgan fingerprint density at radius 2 is 1.76 bits per heavy atom. The Kier molecular flexibility index (Phi) is 7.56. The highest BCUT2D eigenvalue weighted by Gasteiger charge is 2.40. The highest BCUT2D eigenvalue weighted by atomic mass is 19.2. The maximum absolute atomic E-state index is 13.4. The molecule has 2 aliphatic rings. The number of aliphatic hydroxyl groups excluding tert-OH is 1. The molecule has 0 spiro atoms. The van der Waals surface area contributed by atoms with Gasteiger partial charge in [-0.3, -0.25) is 4.79 Å². The van der Waals surface area contributed by atoms with E-state index in [0.29, 0.717) is 12.5 Å². The second kappa shape index (κ2) is 10.9. The third kappa shape index (κ3) is 5.62. The van der Waals surface area contributed by atoms with Crippen molar-refractivity contribution in [2.75, 3.05) is 32.7 Å². The zero-order chi connectivity index (χ0) is 26.9. The van der Waals surface area contributed by atoms with Crippen molar-refractivity contribution in [2.45, 2.75) is 43.3 Å². The standard InChI is InChI=1S/C28H31F3N4O3/c29-20-15-18(16-21(30)26(20)31)5-6-25(37)35-13-9-28(38,10-14-35)24(36)17-34-11-7-19(8-12-34)27-32-22-3-1-2-4-23(22)33-27/h1-6,15-16,19,24,36,38H,7-14,17H2,(H,32,33)/b6-5+. The molecule has 2 saturated heterocycles. The minimum atomic E-state index is -1.56. The normalized spacial score (nSPS) is 19.9. The summed E-state index contributed by atoms with van der Waals surface area (Å²) in [5.74, 6) is -3.28. The molecule has 0 bridgehead atoms. The smallest absolute Gasteiger partial charge is 0.246 e. The molecule has 2 aliphatic heterocycles. The molecule has 202 valence electrons. The number of benzene rings is 2. The number of carbonyl (C=O) groups excluding carboxylic acids is 1. The van der Waals surface area contributed by atoms with Gasteiger partial charge in [-0.2, -0.15) is 0 Å². The van der Waals surface area contributed by atoms with Gasteiger partial charge in [0.15, 0.2) is 17.5 Å². The van der Waals surface area contributed by atoms with Gasteiger partial charge in [-0.05, 0) is 74.7 Å². The van der Waals surface area contributed by atoms with Crippen molar-refractivity contribution < 1.29 is 28.2 Å². The lowest BCUT2D eigenvalue weighted by molar-refractivity contribution is -0.140. The van der Waals surface area contributed by atoms with Crippen LogP contribution >= 0.6 is 0 Å². The number of hydrogen-bond acceptors (Lipinski definition) is 5. The topological polar surface area (TPSA) is 92.7 Å². The molecule has 1 amide bonds. The minimum Gasteiger partial charge on any atom is -0.389 e. The number of imidazole rings is 1. The largest absolute Gasteiger partial charge is 0.389 e. The van der Waals surface area contributed by atoms with Crippen LogP contribution in [0.25, 0.3) is 17.1 Å². The molecule has 38 heavy (non-hydrogen) atoms. The zero-order valence-corrected chi connectivity index (χ0v) is 20.9. The molecule has 0 saturated carbocycles. The van der Waals surface area contributed by atoms with Crippen LogP contribution in [0.5, 0.6) is 0 Å². The molecule has 3 aromatic rings. The molecule has 2 aromatic carbocycles. The second-order valence-corrected chi connectivity index (χ2v) is 10.3. The third-order valence-corrected chi connectivity index (χ3v) is 7.80. The number of hydrogen-bond donors (Lipinski definition) is 3. The molecule has 0 aliphatic carbocycles. The predicted molar refractivity (Wildman–Crippen MR) is 137 cm³/mol. The van der Waals surface area contributed by atoms with Crippen LogP contribution < -0.4 is 0 Å². The number of amides is 1. The summed E-state index contributed by atoms with van der Waals surface area (Å²) in [6.45, 7) is 2.39. The van der Waals surface area contributed by atoms with Gasteiger partial charge in [0.05, 0.1) is 22.7 Å². The second-order valence-electron chi connectivity index (χ2n) is 10.3. The number of carbonyl (C=O) groups is 1. The number of fused-ring (bicyclic) bond motifs is 1. The van der Waals surface area contributed by atoms with Gasteiger partial charge in [0, 0.05) is 31.6 Å². The number of rotatable bonds is 6. The number of piperidine rings is 2. The van der Waals surface area contributed by atoms with Gasteiger partial charge >= 0.3 is 0 Å². The first-order valence-corrected chi connectivity index (χ1v) is 12.9. The zero-order valence-electron chi connectivity index (χ0n) is 20.9. The van der Waals surface area contributed by atoms with E-state index in [1.54, 1.807) is 0 Å². The summed E-state index contributed by atoms with van der Waals surface area (Å²) in [7, 11) is 0. The Hall–Kier alpha value is -3.21. The SMILES string of the molecule is O=C(/C=C/c1cc(F)c(F)c(F)c1)N1CCC(O)(C(O)CN2CCC(c3nc4ccccc4[nH]3)CC2)CC1. The Labute approximate surface area is 218 Å². The molecule has 2 fully saturated rings. The Bertz CT molecular complexity index is 1270. The average Bonchev–Trinajstić information content (AvgIpc) is 3.35. The average molecular weight is 529 g/mol. The predicted octanol–water partition coefficient (Wildman–Crippen LogP) is 3.59. The number of aliphatic hydroxyl groups is 2. The van der Waals surface area contributed by atoms with Gasteiger partial charge < -0.3 is 25.0 Å². The molecular formula is C28H31F3N4O3. The van der Waals surface area contributed by atoms with E-state index >= 15 is 0 Å². The van der Waals surface area contributed by atoms with Gasteiger partial charge in [-0.1, -0.05) is 12.1 Å². The van der Waals surface area contributed by atoms with Crippen molar-refractivity contribution in [2.24, 2.45) is 0 Å². The van der Waals surface area contributed by atoms with Gasteiger partial charge in [0.2, 0.25) is 5.91 Å². The van der Waals surface area contributed by atoms with E-state index < -0.39 is 29.2 Å². The third-order valence-electron chi connectivity index (χ3n) is 7.80. The fourth-order valence-corrected chi connectivity index (χ4v) is 5.36. The van der Waals surface area contributed by atoms with E-state index in [1.807, 2.05) is 24.3 Å². The van der Waals surface area contributed by atoms with Crippen molar-refractivity contribution in [1.29, 1.82) is 0 Å². The number of para-hydroxylation sites is 2. The van der Waals surface area contributed by atoms with Gasteiger partial charge in [-0.25, -0.2) is 18.2 Å². The molecule has 1 atom stereocenters. The molecule has 1 unspecified atom stereocenters. The highest BCUT2D eigenvalue weighted by molar-refractivity contribution is 5.91. The van der Waals surface area contributed by atoms with Crippen LogP contribution in [-0.2, 0) is 4.79 Å². The summed E-state index contributed by atoms with van der Waals surface area (Å²) in [4.78, 5) is 24.3. The lowest BCUT2D eigenvalue weighted by atomic mass is 9.85. The lowest BCUT2D eigenvalue weighted by Crippen LogP contribution is -2.56. The van der Waals surface area contributed by atoms with E-state index in [0.717, 1.165) is 54.9 Å². The summed E-state index contributed by atoms with van der Waals surface area (Å²) in [5, 5.41) is 22.0. The summed E-state index contributed by atoms with van der Waals surface area (Å²) in [6, 6.07) is 9.58. The minimum absolute atomic E-state index is 0.0304. The summed E-state index contributed by atoms with van der Waals surface area (Å²) in [5.41, 5.74) is 0.712. The van der Waals surface area contributed by atoms with E-state index in [1.165, 1.54) is 17.1 Å². The molecule has 10 heteroatoms. The molecule has 5 rings (SSSR count). The number of nitrogens with one attached hydrogen (secondary N) is 1. The summed E-state index contributed by atoms with van der Waals surface area (Å²) in [6.07, 6.45) is 3.66. The number of halogens is 3.